The number of imide groups is 1. The quantitative estimate of drug-likeness (QED) is 0.591. The van der Waals surface area contributed by atoms with Gasteiger partial charge in [0.15, 0.2) is 0 Å². The van der Waals surface area contributed by atoms with Crippen molar-refractivity contribution in [2.45, 2.75) is 43.9 Å². The number of fused-ring (bicyclic) bond motifs is 1. The number of ether oxygens (including phenoxy) is 1. The summed E-state index contributed by atoms with van der Waals surface area (Å²) in [5.74, 6) is -0.794. The number of benzene rings is 1. The van der Waals surface area contributed by atoms with Crippen molar-refractivity contribution in [2.24, 2.45) is 0 Å². The van der Waals surface area contributed by atoms with Crippen molar-refractivity contribution < 1.29 is 19.1 Å². The number of piperidine rings is 1. The molecule has 4 rings (SSSR count). The minimum absolute atomic E-state index is 0.108. The molecule has 3 N–H and O–H groups in total. The van der Waals surface area contributed by atoms with Crippen LogP contribution in [0.4, 0.5) is 0 Å². The molecule has 0 radical (unpaired) electrons. The Morgan fingerprint density at radius 3 is 2.89 bits per heavy atom. The molecule has 0 spiro atoms. The Bertz CT molecular complexity index is 803. The van der Waals surface area contributed by atoms with Crippen LogP contribution in [-0.4, -0.2) is 61.0 Å². The predicted molar refractivity (Wildman–Crippen MR) is 101 cm³/mol. The molecule has 2 fully saturated rings. The van der Waals surface area contributed by atoms with Crippen LogP contribution in [-0.2, 0) is 27.4 Å². The zero-order chi connectivity index (χ0) is 19.7. The molecule has 0 aromatic heterocycles. The van der Waals surface area contributed by atoms with Crippen LogP contribution in [0.2, 0.25) is 0 Å². The summed E-state index contributed by atoms with van der Waals surface area (Å²) in [6, 6.07) is 5.14. The van der Waals surface area contributed by atoms with Gasteiger partial charge in [-0.3, -0.25) is 19.7 Å². The third-order valence-corrected chi connectivity index (χ3v) is 6.00. The van der Waals surface area contributed by atoms with Crippen molar-refractivity contribution in [2.75, 3.05) is 26.8 Å². The second kappa shape index (κ2) is 7.62. The summed E-state index contributed by atoms with van der Waals surface area (Å²) in [6.07, 6.45) is 1.62. The molecule has 150 valence electrons. The van der Waals surface area contributed by atoms with Gasteiger partial charge in [-0.1, -0.05) is 12.1 Å². The fourth-order valence-electron chi connectivity index (χ4n) is 4.44. The van der Waals surface area contributed by atoms with Crippen LogP contribution in [0.1, 0.15) is 40.7 Å². The van der Waals surface area contributed by atoms with Crippen LogP contribution in [0, 0.1) is 0 Å². The second-order valence-electron chi connectivity index (χ2n) is 7.84. The number of rotatable bonds is 6. The number of carbonyl (C=O) groups is 3. The molecule has 8 nitrogen and oxygen atoms in total. The van der Waals surface area contributed by atoms with E-state index in [-0.39, 0.29) is 29.7 Å². The number of nitrogens with zero attached hydrogens (tertiary/aromatic N) is 1. The topological polar surface area (TPSA) is 99.8 Å². The molecule has 0 bridgehead atoms. The van der Waals surface area contributed by atoms with E-state index < -0.39 is 6.04 Å². The average molecular weight is 386 g/mol. The van der Waals surface area contributed by atoms with Gasteiger partial charge in [0.1, 0.15) is 6.04 Å². The Morgan fingerprint density at radius 1 is 1.32 bits per heavy atom. The highest BCUT2D eigenvalue weighted by Crippen LogP contribution is 2.30. The van der Waals surface area contributed by atoms with Crippen molar-refractivity contribution in [3.63, 3.8) is 0 Å². The van der Waals surface area contributed by atoms with Crippen LogP contribution in [0.5, 0.6) is 0 Å². The predicted octanol–water partition coefficient (Wildman–Crippen LogP) is -0.0843. The first-order valence-corrected chi connectivity index (χ1v) is 9.73. The minimum atomic E-state index is -0.586. The van der Waals surface area contributed by atoms with Crippen LogP contribution >= 0.6 is 0 Å². The van der Waals surface area contributed by atoms with E-state index in [1.165, 1.54) is 0 Å². The zero-order valence-corrected chi connectivity index (χ0v) is 16.0. The molecule has 28 heavy (non-hydrogen) atoms. The highest BCUT2D eigenvalue weighted by atomic mass is 16.5. The molecular formula is C20H26N4O4. The lowest BCUT2D eigenvalue weighted by Gasteiger charge is -2.30. The van der Waals surface area contributed by atoms with Crippen LogP contribution in [0.15, 0.2) is 18.2 Å². The maximum atomic E-state index is 12.9. The van der Waals surface area contributed by atoms with Gasteiger partial charge in [0.05, 0.1) is 12.1 Å². The number of hydrogen-bond donors (Lipinski definition) is 3. The van der Waals surface area contributed by atoms with Crippen LogP contribution < -0.4 is 16.0 Å². The summed E-state index contributed by atoms with van der Waals surface area (Å²) in [5, 5.41) is 9.34. The van der Waals surface area contributed by atoms with Crippen LogP contribution in [0.3, 0.4) is 0 Å². The van der Waals surface area contributed by atoms with Gasteiger partial charge in [-0.05, 0) is 36.6 Å². The molecule has 0 saturated carbocycles. The van der Waals surface area contributed by atoms with Crippen molar-refractivity contribution in [3.8, 4) is 0 Å². The van der Waals surface area contributed by atoms with E-state index >= 15 is 0 Å². The molecule has 3 aliphatic rings. The maximum absolute atomic E-state index is 12.9. The molecular weight excluding hydrogens is 360 g/mol. The van der Waals surface area contributed by atoms with Gasteiger partial charge in [0, 0.05) is 38.7 Å². The Kier molecular flexibility index (Phi) is 5.18. The Hall–Kier alpha value is -2.29. The smallest absolute Gasteiger partial charge is 0.255 e. The van der Waals surface area contributed by atoms with Crippen molar-refractivity contribution >= 4 is 17.7 Å². The molecule has 2 unspecified atom stereocenters. The summed E-state index contributed by atoms with van der Waals surface area (Å²) in [4.78, 5) is 38.2. The molecule has 2 atom stereocenters. The normalized spacial score (nSPS) is 27.2. The standard InChI is InChI=1S/C20H26N4O4/c1-28-12-20(7-8-21-11-20)22-9-13-3-2-4-14-15(13)10-24(19(14)27)16-5-6-17(25)23-18(16)26/h2-4,16,21-22H,5-12H2,1H3,(H,23,25,26). The third-order valence-electron chi connectivity index (χ3n) is 6.00. The second-order valence-corrected chi connectivity index (χ2v) is 7.84. The summed E-state index contributed by atoms with van der Waals surface area (Å²) < 4.78 is 5.41. The molecule has 2 saturated heterocycles. The van der Waals surface area contributed by atoms with Crippen LogP contribution in [0.25, 0.3) is 0 Å². The number of nitrogens with one attached hydrogen (secondary N) is 3. The molecule has 1 aromatic rings. The third kappa shape index (κ3) is 3.43. The number of amides is 3. The Balaban J connectivity index is 1.51. The first kappa shape index (κ1) is 19.0. The van der Waals surface area contributed by atoms with E-state index in [4.69, 9.17) is 4.74 Å². The largest absolute Gasteiger partial charge is 0.383 e. The number of hydrogen-bond acceptors (Lipinski definition) is 6. The fourth-order valence-corrected chi connectivity index (χ4v) is 4.44. The first-order chi connectivity index (χ1) is 13.5. The van der Waals surface area contributed by atoms with E-state index in [9.17, 15) is 14.4 Å². The van der Waals surface area contributed by atoms with E-state index in [1.54, 1.807) is 12.0 Å². The van der Waals surface area contributed by atoms with E-state index in [0.717, 1.165) is 30.6 Å². The SMILES string of the molecule is COCC1(NCc2cccc3c2CN(C2CCC(=O)NC2=O)C3=O)CCNC1. The van der Waals surface area contributed by atoms with Gasteiger partial charge in [-0.25, -0.2) is 0 Å². The van der Waals surface area contributed by atoms with Gasteiger partial charge in [-0.15, -0.1) is 0 Å². The van der Waals surface area contributed by atoms with Gasteiger partial charge in [0.25, 0.3) is 5.91 Å². The molecule has 3 aliphatic heterocycles. The van der Waals surface area contributed by atoms with E-state index in [2.05, 4.69) is 16.0 Å². The van der Waals surface area contributed by atoms with Crippen molar-refractivity contribution in [3.05, 3.63) is 34.9 Å². The Morgan fingerprint density at radius 2 is 2.18 bits per heavy atom. The fraction of sp³-hybridized carbons (Fsp3) is 0.550. The summed E-state index contributed by atoms with van der Waals surface area (Å²) in [7, 11) is 1.71. The van der Waals surface area contributed by atoms with Gasteiger partial charge in [0.2, 0.25) is 11.8 Å². The highest BCUT2D eigenvalue weighted by molar-refractivity contribution is 6.05. The zero-order valence-electron chi connectivity index (χ0n) is 16.0. The summed E-state index contributed by atoms with van der Waals surface area (Å²) in [6.45, 7) is 3.44. The maximum Gasteiger partial charge on any atom is 0.255 e. The lowest BCUT2D eigenvalue weighted by atomic mass is 9.97. The molecule has 1 aromatic carbocycles. The summed E-state index contributed by atoms with van der Waals surface area (Å²) >= 11 is 0. The van der Waals surface area contributed by atoms with Crippen molar-refractivity contribution in [1.29, 1.82) is 0 Å². The van der Waals surface area contributed by atoms with E-state index in [1.807, 2.05) is 18.2 Å². The lowest BCUT2D eigenvalue weighted by molar-refractivity contribution is -0.136. The average Bonchev–Trinajstić information content (AvgIpc) is 3.26. The minimum Gasteiger partial charge on any atom is -0.383 e. The van der Waals surface area contributed by atoms with E-state index in [0.29, 0.717) is 31.7 Å². The number of carbonyl (C=O) groups excluding carboxylic acids is 3. The monoisotopic (exact) mass is 386 g/mol. The van der Waals surface area contributed by atoms with Gasteiger partial charge >= 0.3 is 0 Å². The molecule has 3 amide bonds. The molecule has 0 aliphatic carbocycles. The summed E-state index contributed by atoms with van der Waals surface area (Å²) in [5.41, 5.74) is 2.56. The highest BCUT2D eigenvalue weighted by Gasteiger charge is 2.40. The molecule has 3 heterocycles. The lowest BCUT2D eigenvalue weighted by Crippen LogP contribution is -2.52. The van der Waals surface area contributed by atoms with Crippen molar-refractivity contribution in [1.82, 2.24) is 20.9 Å². The van der Waals surface area contributed by atoms with Gasteiger partial charge in [-0.2, -0.15) is 0 Å². The van der Waals surface area contributed by atoms with Gasteiger partial charge < -0.3 is 20.3 Å². The number of methoxy groups -OCH3 is 1. The Labute approximate surface area is 164 Å². The molecule has 8 heteroatoms. The first-order valence-electron chi connectivity index (χ1n) is 9.73.